The van der Waals surface area contributed by atoms with E-state index < -0.39 is 6.03 Å². The molecule has 7 rings (SSSR count). The van der Waals surface area contributed by atoms with Gasteiger partial charge in [0.1, 0.15) is 22.7 Å². The number of rotatable bonds is 8. The van der Waals surface area contributed by atoms with E-state index in [2.05, 4.69) is 33.5 Å². The number of nitrogens with zero attached hydrogens (tertiary/aromatic N) is 5. The molecule has 226 valence electrons. The number of pyridine rings is 2. The van der Waals surface area contributed by atoms with Crippen LogP contribution in [0.4, 0.5) is 10.6 Å². The van der Waals surface area contributed by atoms with Gasteiger partial charge < -0.3 is 15.3 Å². The minimum Gasteiger partial charge on any atom is -0.393 e. The van der Waals surface area contributed by atoms with Crippen LogP contribution in [-0.4, -0.2) is 75.1 Å². The summed E-state index contributed by atoms with van der Waals surface area (Å²) in [6.45, 7) is 4.70. The third-order valence-electron chi connectivity index (χ3n) is 9.81. The third kappa shape index (κ3) is 5.87. The number of aromatic nitrogens is 3. The summed E-state index contributed by atoms with van der Waals surface area (Å²) in [6.07, 6.45) is 9.36. The summed E-state index contributed by atoms with van der Waals surface area (Å²) in [4.78, 5) is 55.8. The first-order valence-corrected chi connectivity index (χ1v) is 16.1. The van der Waals surface area contributed by atoms with E-state index in [4.69, 9.17) is 9.97 Å². The van der Waals surface area contributed by atoms with Crippen LogP contribution in [0.3, 0.4) is 0 Å². The second kappa shape index (κ2) is 11.2. The first-order valence-electron chi connectivity index (χ1n) is 15.3. The first kappa shape index (κ1) is 28.3. The molecule has 0 aromatic carbocycles. The van der Waals surface area contributed by atoms with E-state index in [0.717, 1.165) is 66.9 Å². The molecule has 3 aromatic rings. The van der Waals surface area contributed by atoms with Crippen molar-refractivity contribution in [3.05, 3.63) is 46.2 Å². The number of fused-ring (bicyclic) bond motifs is 2. The quantitative estimate of drug-likeness (QED) is 0.333. The Morgan fingerprint density at radius 2 is 2.02 bits per heavy atom. The fraction of sp³-hybridized carbons (Fsp3) is 0.548. The number of thiazole rings is 1. The van der Waals surface area contributed by atoms with Gasteiger partial charge in [-0.1, -0.05) is 24.3 Å². The fourth-order valence-electron chi connectivity index (χ4n) is 6.70. The van der Waals surface area contributed by atoms with Gasteiger partial charge in [0.2, 0.25) is 5.91 Å². The predicted octanol–water partition coefficient (Wildman–Crippen LogP) is 3.37. The Morgan fingerprint density at radius 3 is 2.72 bits per heavy atom. The summed E-state index contributed by atoms with van der Waals surface area (Å²) in [5, 5.41) is 15.7. The first-order chi connectivity index (χ1) is 20.7. The SMILES string of the molecule is CC1(C2CCc3nc4sc(C(=O)N[C@H](CCN5CCC(O)CC5)c5ccc(N6CC(=O)NC6=O)nc5)nc4cc3C2)CC1. The number of carbonyl (C=O) groups is 3. The van der Waals surface area contributed by atoms with Crippen molar-refractivity contribution in [2.24, 2.45) is 11.3 Å². The monoisotopic (exact) mass is 603 g/mol. The Bertz CT molecular complexity index is 1560. The number of anilines is 1. The Balaban J connectivity index is 1.09. The van der Waals surface area contributed by atoms with E-state index in [0.29, 0.717) is 28.6 Å². The number of likely N-dealkylation sites (tertiary alicyclic amines) is 1. The molecule has 3 N–H and O–H groups in total. The summed E-state index contributed by atoms with van der Waals surface area (Å²) in [6, 6.07) is 4.85. The predicted molar refractivity (Wildman–Crippen MR) is 162 cm³/mol. The lowest BCUT2D eigenvalue weighted by atomic mass is 9.77. The van der Waals surface area contributed by atoms with Crippen molar-refractivity contribution < 1.29 is 19.5 Å². The number of urea groups is 1. The number of nitrogens with one attached hydrogen (secondary N) is 2. The van der Waals surface area contributed by atoms with Crippen LogP contribution in [0.15, 0.2) is 24.4 Å². The van der Waals surface area contributed by atoms with Crippen LogP contribution >= 0.6 is 11.3 Å². The molecule has 5 heterocycles. The maximum absolute atomic E-state index is 13.6. The van der Waals surface area contributed by atoms with Crippen LogP contribution in [-0.2, 0) is 17.6 Å². The summed E-state index contributed by atoms with van der Waals surface area (Å²) < 4.78 is 0. The number of amides is 4. The Labute approximate surface area is 254 Å². The molecule has 4 amide bonds. The fourth-order valence-corrected chi connectivity index (χ4v) is 7.54. The number of hydrogen-bond donors (Lipinski definition) is 3. The number of carbonyl (C=O) groups excluding carboxylic acids is 3. The van der Waals surface area contributed by atoms with Crippen molar-refractivity contribution in [2.75, 3.05) is 31.1 Å². The molecule has 43 heavy (non-hydrogen) atoms. The van der Waals surface area contributed by atoms with Crippen LogP contribution in [0.2, 0.25) is 0 Å². The number of aliphatic hydroxyl groups is 1. The molecular formula is C31H37N7O4S. The molecule has 3 aromatic heterocycles. The van der Waals surface area contributed by atoms with E-state index in [1.54, 1.807) is 12.3 Å². The van der Waals surface area contributed by atoms with E-state index in [9.17, 15) is 19.5 Å². The molecule has 2 atom stereocenters. The summed E-state index contributed by atoms with van der Waals surface area (Å²) in [5.74, 6) is 0.458. The standard InChI is InChI=1S/C31H37N7O4S/c1-31(9-10-31)20-3-4-22-19(14-20)15-24-28(34-22)43-29(35-24)27(41)33-23(8-13-37-11-6-21(39)7-12-37)18-2-5-25(32-16-18)38-17-26(40)36-30(38)42/h2,5,15-16,20-21,23,39H,3-4,6-14,17H2,1H3,(H,33,41)(H,36,40,42)/t20?,23-/m1/s1. The van der Waals surface area contributed by atoms with E-state index in [1.807, 2.05) is 6.07 Å². The van der Waals surface area contributed by atoms with Crippen molar-refractivity contribution >= 4 is 45.3 Å². The van der Waals surface area contributed by atoms with Gasteiger partial charge >= 0.3 is 6.03 Å². The van der Waals surface area contributed by atoms with Crippen LogP contribution < -0.4 is 15.5 Å². The molecule has 2 aliphatic heterocycles. The second-order valence-electron chi connectivity index (χ2n) is 12.8. The summed E-state index contributed by atoms with van der Waals surface area (Å²) >= 11 is 1.33. The Morgan fingerprint density at radius 1 is 1.21 bits per heavy atom. The van der Waals surface area contributed by atoms with Gasteiger partial charge in [-0.05, 0) is 86.0 Å². The maximum atomic E-state index is 13.6. The Hall–Kier alpha value is -3.48. The molecule has 3 fully saturated rings. The lowest BCUT2D eigenvalue weighted by Crippen LogP contribution is -2.38. The van der Waals surface area contributed by atoms with Gasteiger partial charge in [0.15, 0.2) is 5.01 Å². The van der Waals surface area contributed by atoms with Crippen LogP contribution in [0, 0.1) is 11.3 Å². The largest absolute Gasteiger partial charge is 0.393 e. The normalized spacial score (nSPS) is 22.8. The van der Waals surface area contributed by atoms with Gasteiger partial charge in [-0.2, -0.15) is 0 Å². The van der Waals surface area contributed by atoms with Crippen molar-refractivity contribution in [2.45, 2.75) is 70.4 Å². The number of piperidine rings is 1. The van der Waals surface area contributed by atoms with E-state index in [1.165, 1.54) is 41.1 Å². The molecular weight excluding hydrogens is 566 g/mol. The third-order valence-corrected chi connectivity index (χ3v) is 10.8. The summed E-state index contributed by atoms with van der Waals surface area (Å²) in [5.41, 5.74) is 4.48. The highest BCUT2D eigenvalue weighted by molar-refractivity contribution is 7.19. The van der Waals surface area contributed by atoms with E-state index in [-0.39, 0.29) is 30.5 Å². The molecule has 1 unspecified atom stereocenters. The van der Waals surface area contributed by atoms with Crippen molar-refractivity contribution in [1.82, 2.24) is 30.5 Å². The maximum Gasteiger partial charge on any atom is 0.330 e. The molecule has 2 aliphatic carbocycles. The topological polar surface area (TPSA) is 141 Å². The lowest BCUT2D eigenvalue weighted by molar-refractivity contribution is -0.117. The van der Waals surface area contributed by atoms with E-state index >= 15 is 0 Å². The lowest BCUT2D eigenvalue weighted by Gasteiger charge is -2.31. The molecule has 4 aliphatic rings. The molecule has 12 heteroatoms. The van der Waals surface area contributed by atoms with Crippen LogP contribution in [0.1, 0.15) is 78.1 Å². The highest BCUT2D eigenvalue weighted by Gasteiger charge is 2.45. The number of imide groups is 1. The average Bonchev–Trinajstić information content (AvgIpc) is 3.47. The van der Waals surface area contributed by atoms with Gasteiger partial charge in [0.05, 0.1) is 12.1 Å². The molecule has 0 bridgehead atoms. The molecule has 2 saturated heterocycles. The van der Waals surface area contributed by atoms with Crippen molar-refractivity contribution in [3.63, 3.8) is 0 Å². The second-order valence-corrected chi connectivity index (χ2v) is 13.8. The average molecular weight is 604 g/mol. The van der Waals surface area contributed by atoms with Gasteiger partial charge in [-0.15, -0.1) is 0 Å². The van der Waals surface area contributed by atoms with Crippen molar-refractivity contribution in [3.8, 4) is 0 Å². The molecule has 11 nitrogen and oxygen atoms in total. The minimum absolute atomic E-state index is 0.0683. The number of hydrogen-bond acceptors (Lipinski definition) is 9. The van der Waals surface area contributed by atoms with Gasteiger partial charge in [0.25, 0.3) is 5.91 Å². The van der Waals surface area contributed by atoms with Gasteiger partial charge in [-0.25, -0.2) is 19.7 Å². The zero-order valence-corrected chi connectivity index (χ0v) is 25.2. The zero-order valence-electron chi connectivity index (χ0n) is 24.3. The highest BCUT2D eigenvalue weighted by atomic mass is 32.1. The number of aliphatic hydroxyl groups excluding tert-OH is 1. The minimum atomic E-state index is -0.495. The summed E-state index contributed by atoms with van der Waals surface area (Å²) in [7, 11) is 0. The molecule has 0 spiro atoms. The van der Waals surface area contributed by atoms with Crippen molar-refractivity contribution in [1.29, 1.82) is 0 Å². The van der Waals surface area contributed by atoms with Crippen LogP contribution in [0.5, 0.6) is 0 Å². The van der Waals surface area contributed by atoms with Gasteiger partial charge in [0, 0.05) is 31.5 Å². The molecule has 0 radical (unpaired) electrons. The zero-order chi connectivity index (χ0) is 29.7. The number of aryl methyl sites for hydroxylation is 1. The van der Waals surface area contributed by atoms with Gasteiger partial charge in [-0.3, -0.25) is 19.8 Å². The van der Waals surface area contributed by atoms with Crippen LogP contribution in [0.25, 0.3) is 10.3 Å². The Kier molecular flexibility index (Phi) is 7.38. The highest BCUT2D eigenvalue weighted by Crippen LogP contribution is 2.55. The smallest absolute Gasteiger partial charge is 0.330 e. The molecule has 1 saturated carbocycles.